The molecule has 1 amide bonds. The Kier molecular flexibility index (Phi) is 3.75. The molecule has 0 spiro atoms. The molecule has 4 N–H and O–H groups in total. The van der Waals surface area contributed by atoms with Gasteiger partial charge >= 0.3 is 0 Å². The van der Waals surface area contributed by atoms with E-state index < -0.39 is 0 Å². The molecule has 3 aromatic rings. The maximum Gasteiger partial charge on any atom is 0.256 e. The van der Waals surface area contributed by atoms with Gasteiger partial charge in [-0.05, 0) is 12.1 Å². The normalized spacial score (nSPS) is 11.0. The van der Waals surface area contributed by atoms with Crippen molar-refractivity contribution in [1.82, 2.24) is 25.1 Å². The number of H-pyrrole nitrogens is 1. The maximum atomic E-state index is 12.0. The Balaban J connectivity index is 1.88. The molecule has 0 aliphatic heterocycles. The molecular formula is C14H16N6O2. The molecule has 3 rings (SSSR count). The molecule has 8 nitrogen and oxygen atoms in total. The summed E-state index contributed by atoms with van der Waals surface area (Å²) in [6, 6.07) is 7.59. The number of hydrogen-bond donors (Lipinski definition) is 3. The van der Waals surface area contributed by atoms with Gasteiger partial charge in [-0.2, -0.15) is 9.78 Å². The van der Waals surface area contributed by atoms with Crippen LogP contribution >= 0.6 is 0 Å². The zero-order valence-corrected chi connectivity index (χ0v) is 12.0. The first kappa shape index (κ1) is 14.1. The number of amides is 1. The minimum absolute atomic E-state index is 0.231. The lowest BCUT2D eigenvalue weighted by molar-refractivity contribution is 0.0938. The molecule has 0 saturated carbocycles. The average Bonchev–Trinajstić information content (AvgIpc) is 3.10. The maximum absolute atomic E-state index is 12.0. The van der Waals surface area contributed by atoms with Gasteiger partial charge in [0.1, 0.15) is 11.4 Å². The number of nitrogens with one attached hydrogen (secondary N) is 2. The van der Waals surface area contributed by atoms with Crippen molar-refractivity contribution in [2.45, 2.75) is 0 Å². The van der Waals surface area contributed by atoms with E-state index in [4.69, 9.17) is 10.5 Å². The van der Waals surface area contributed by atoms with Gasteiger partial charge in [-0.3, -0.25) is 4.79 Å². The molecule has 0 fully saturated rings. The second-order valence-electron chi connectivity index (χ2n) is 4.68. The van der Waals surface area contributed by atoms with Gasteiger partial charge in [-0.15, -0.1) is 0 Å². The molecule has 0 aliphatic carbocycles. The number of aromatic amines is 1. The molecular weight excluding hydrogens is 284 g/mol. The highest BCUT2D eigenvalue weighted by molar-refractivity contribution is 5.98. The molecule has 8 heteroatoms. The van der Waals surface area contributed by atoms with Gasteiger partial charge in [0.15, 0.2) is 0 Å². The number of carbonyl (C=O) groups is 1. The third-order valence-electron chi connectivity index (χ3n) is 3.22. The molecule has 114 valence electrons. The number of imidazole rings is 1. The largest absolute Gasteiger partial charge is 0.383 e. The standard InChI is InChI=1S/C14H16N6O2/c1-22-7-6-16-13(21)9-8-17-20(12(9)15)14-18-10-4-2-3-5-11(10)19-14/h2-5,8H,6-7,15H2,1H3,(H,16,21)(H,18,19). The van der Waals surface area contributed by atoms with Crippen molar-refractivity contribution in [2.75, 3.05) is 26.0 Å². The Hall–Kier alpha value is -2.87. The summed E-state index contributed by atoms with van der Waals surface area (Å²) in [6.45, 7) is 0.841. The van der Waals surface area contributed by atoms with E-state index >= 15 is 0 Å². The fourth-order valence-corrected chi connectivity index (χ4v) is 2.10. The minimum Gasteiger partial charge on any atom is -0.383 e. The third-order valence-corrected chi connectivity index (χ3v) is 3.22. The van der Waals surface area contributed by atoms with E-state index in [1.165, 1.54) is 10.9 Å². The first-order valence-corrected chi connectivity index (χ1v) is 6.76. The minimum atomic E-state index is -0.295. The van der Waals surface area contributed by atoms with Gasteiger partial charge in [0.2, 0.25) is 5.95 Å². The van der Waals surface area contributed by atoms with Crippen LogP contribution in [-0.4, -0.2) is 45.9 Å². The van der Waals surface area contributed by atoms with Crippen LogP contribution in [0.4, 0.5) is 5.82 Å². The van der Waals surface area contributed by atoms with E-state index in [1.54, 1.807) is 7.11 Å². The number of nitrogens with two attached hydrogens (primary N) is 1. The highest BCUT2D eigenvalue weighted by Crippen LogP contribution is 2.18. The van der Waals surface area contributed by atoms with Crippen LogP contribution < -0.4 is 11.1 Å². The predicted octanol–water partition coefficient (Wildman–Crippen LogP) is 0.707. The lowest BCUT2D eigenvalue weighted by atomic mass is 10.3. The van der Waals surface area contributed by atoms with E-state index in [0.29, 0.717) is 24.7 Å². The van der Waals surface area contributed by atoms with Gasteiger partial charge in [0.05, 0.1) is 23.8 Å². The average molecular weight is 300 g/mol. The highest BCUT2D eigenvalue weighted by atomic mass is 16.5. The number of carbonyl (C=O) groups excluding carboxylic acids is 1. The van der Waals surface area contributed by atoms with Crippen molar-refractivity contribution >= 4 is 22.8 Å². The number of anilines is 1. The van der Waals surface area contributed by atoms with Crippen molar-refractivity contribution in [3.8, 4) is 5.95 Å². The number of ether oxygens (including phenoxy) is 1. The summed E-state index contributed by atoms with van der Waals surface area (Å²) < 4.78 is 6.29. The summed E-state index contributed by atoms with van der Waals surface area (Å²) in [4.78, 5) is 19.5. The van der Waals surface area contributed by atoms with Crippen LogP contribution in [0.2, 0.25) is 0 Å². The Bertz CT molecular complexity index is 774. The Morgan fingerprint density at radius 3 is 3.05 bits per heavy atom. The zero-order valence-electron chi connectivity index (χ0n) is 12.0. The van der Waals surface area contributed by atoms with Gasteiger partial charge in [-0.25, -0.2) is 4.98 Å². The fourth-order valence-electron chi connectivity index (χ4n) is 2.10. The molecule has 0 bridgehead atoms. The summed E-state index contributed by atoms with van der Waals surface area (Å²) in [5.41, 5.74) is 7.99. The number of hydrogen-bond acceptors (Lipinski definition) is 5. The van der Waals surface area contributed by atoms with Crippen molar-refractivity contribution in [3.05, 3.63) is 36.0 Å². The van der Waals surface area contributed by atoms with Crippen LogP contribution in [0, 0.1) is 0 Å². The number of aromatic nitrogens is 4. The number of benzene rings is 1. The fraction of sp³-hybridized carbons (Fsp3) is 0.214. The number of fused-ring (bicyclic) bond motifs is 1. The monoisotopic (exact) mass is 300 g/mol. The SMILES string of the molecule is COCCNC(=O)c1cnn(-c2nc3ccccc3[nH]2)c1N. The lowest BCUT2D eigenvalue weighted by Crippen LogP contribution is -2.27. The van der Waals surface area contributed by atoms with Crippen LogP contribution in [0.3, 0.4) is 0 Å². The number of para-hydroxylation sites is 2. The molecule has 0 saturated heterocycles. The summed E-state index contributed by atoms with van der Waals surface area (Å²) in [7, 11) is 1.57. The summed E-state index contributed by atoms with van der Waals surface area (Å²) >= 11 is 0. The number of rotatable bonds is 5. The van der Waals surface area contributed by atoms with Crippen LogP contribution in [-0.2, 0) is 4.74 Å². The zero-order chi connectivity index (χ0) is 15.5. The second-order valence-corrected chi connectivity index (χ2v) is 4.68. The van der Waals surface area contributed by atoms with Crippen LogP contribution in [0.15, 0.2) is 30.5 Å². The van der Waals surface area contributed by atoms with Crippen LogP contribution in [0.1, 0.15) is 10.4 Å². The quantitative estimate of drug-likeness (QED) is 0.601. The first-order valence-electron chi connectivity index (χ1n) is 6.76. The molecule has 0 unspecified atom stereocenters. The molecule has 2 heterocycles. The summed E-state index contributed by atoms with van der Waals surface area (Å²) in [5, 5.41) is 6.84. The van der Waals surface area contributed by atoms with Crippen LogP contribution in [0.5, 0.6) is 0 Å². The number of methoxy groups -OCH3 is 1. The van der Waals surface area contributed by atoms with E-state index in [-0.39, 0.29) is 11.7 Å². The molecule has 0 atom stereocenters. The van der Waals surface area contributed by atoms with Crippen LogP contribution in [0.25, 0.3) is 17.0 Å². The molecule has 0 aliphatic rings. The van der Waals surface area contributed by atoms with E-state index in [1.807, 2.05) is 24.3 Å². The number of nitrogen functional groups attached to an aromatic ring is 1. The van der Waals surface area contributed by atoms with Gasteiger partial charge in [0.25, 0.3) is 5.91 Å². The highest BCUT2D eigenvalue weighted by Gasteiger charge is 2.17. The van der Waals surface area contributed by atoms with Crippen molar-refractivity contribution in [1.29, 1.82) is 0 Å². The summed E-state index contributed by atoms with van der Waals surface area (Å²) in [5.74, 6) is 0.403. The molecule has 0 radical (unpaired) electrons. The van der Waals surface area contributed by atoms with Crippen molar-refractivity contribution in [2.24, 2.45) is 0 Å². The molecule has 22 heavy (non-hydrogen) atoms. The second kappa shape index (κ2) is 5.86. The molecule has 2 aromatic heterocycles. The third kappa shape index (κ3) is 2.51. The Morgan fingerprint density at radius 1 is 1.45 bits per heavy atom. The van der Waals surface area contributed by atoms with E-state index in [2.05, 4.69) is 20.4 Å². The topological polar surface area (TPSA) is 111 Å². The van der Waals surface area contributed by atoms with Gasteiger partial charge in [-0.1, -0.05) is 12.1 Å². The number of nitrogens with zero attached hydrogens (tertiary/aromatic N) is 3. The van der Waals surface area contributed by atoms with E-state index in [9.17, 15) is 4.79 Å². The van der Waals surface area contributed by atoms with Gasteiger partial charge < -0.3 is 20.8 Å². The Labute approximate surface area is 126 Å². The molecule has 1 aromatic carbocycles. The Morgan fingerprint density at radius 2 is 2.27 bits per heavy atom. The smallest absolute Gasteiger partial charge is 0.256 e. The van der Waals surface area contributed by atoms with Gasteiger partial charge in [0, 0.05) is 13.7 Å². The van der Waals surface area contributed by atoms with E-state index in [0.717, 1.165) is 11.0 Å². The van der Waals surface area contributed by atoms with Crippen molar-refractivity contribution < 1.29 is 9.53 Å². The predicted molar refractivity (Wildman–Crippen MR) is 81.8 cm³/mol. The first-order chi connectivity index (χ1) is 10.7. The lowest BCUT2D eigenvalue weighted by Gasteiger charge is -2.04. The van der Waals surface area contributed by atoms with Crippen molar-refractivity contribution in [3.63, 3.8) is 0 Å². The summed E-state index contributed by atoms with van der Waals surface area (Å²) in [6.07, 6.45) is 1.42.